The van der Waals surface area contributed by atoms with Crippen molar-refractivity contribution in [3.8, 4) is 11.1 Å². The van der Waals surface area contributed by atoms with Gasteiger partial charge in [-0.15, -0.1) is 0 Å². The number of allylic oxidation sites excluding steroid dienone is 2. The van der Waals surface area contributed by atoms with Gasteiger partial charge in [0.2, 0.25) is 0 Å². The zero-order chi connectivity index (χ0) is 20.0. The standard InChI is InChI=1S/C18H16F4N2/c1-10-9-18(21,22)6-4-12(10)17-16(23)13(5-7-24-17)14-8-11(19)2-3-15(14)20/h2-5,7-8,10H,6,9,23H2,1H3/i1D3. The molecule has 0 aliphatic heterocycles. The molecule has 126 valence electrons. The average molecular weight is 339 g/mol. The third kappa shape index (κ3) is 3.00. The lowest BCUT2D eigenvalue weighted by Gasteiger charge is -2.27. The van der Waals surface area contributed by atoms with Crippen LogP contribution in [0, 0.1) is 17.6 Å². The number of hydrogen-bond acceptors (Lipinski definition) is 2. The molecule has 2 N–H and O–H groups in total. The summed E-state index contributed by atoms with van der Waals surface area (Å²) in [5, 5.41) is 0. The molecule has 0 spiro atoms. The van der Waals surface area contributed by atoms with Crippen LogP contribution >= 0.6 is 0 Å². The Kier molecular flexibility index (Phi) is 3.20. The van der Waals surface area contributed by atoms with Crippen molar-refractivity contribution in [1.29, 1.82) is 0 Å². The number of rotatable bonds is 2. The highest BCUT2D eigenvalue weighted by Gasteiger charge is 2.36. The highest BCUT2D eigenvalue weighted by molar-refractivity contribution is 5.85. The van der Waals surface area contributed by atoms with Gasteiger partial charge in [0, 0.05) is 34.3 Å². The molecular weight excluding hydrogens is 320 g/mol. The Labute approximate surface area is 141 Å². The summed E-state index contributed by atoms with van der Waals surface area (Å²) < 4.78 is 78.1. The number of alkyl halides is 2. The lowest BCUT2D eigenvalue weighted by Crippen LogP contribution is -2.24. The molecule has 1 heterocycles. The summed E-state index contributed by atoms with van der Waals surface area (Å²) in [5.41, 5.74) is 6.03. The highest BCUT2D eigenvalue weighted by atomic mass is 19.3. The van der Waals surface area contributed by atoms with Crippen molar-refractivity contribution < 1.29 is 21.7 Å². The lowest BCUT2D eigenvalue weighted by molar-refractivity contribution is -0.0161. The van der Waals surface area contributed by atoms with Crippen LogP contribution in [0.1, 0.15) is 29.5 Å². The number of hydrogen-bond donors (Lipinski definition) is 1. The molecule has 1 atom stereocenters. The van der Waals surface area contributed by atoms with E-state index in [-0.39, 0.29) is 28.1 Å². The van der Waals surface area contributed by atoms with Gasteiger partial charge in [-0.05, 0) is 35.8 Å². The van der Waals surface area contributed by atoms with E-state index >= 15 is 0 Å². The molecule has 0 fully saturated rings. The van der Waals surface area contributed by atoms with E-state index in [0.29, 0.717) is 0 Å². The maximum Gasteiger partial charge on any atom is 0.252 e. The molecule has 24 heavy (non-hydrogen) atoms. The van der Waals surface area contributed by atoms with Crippen molar-refractivity contribution in [3.05, 3.63) is 53.9 Å². The van der Waals surface area contributed by atoms with Crippen LogP contribution < -0.4 is 5.73 Å². The van der Waals surface area contributed by atoms with Crippen molar-refractivity contribution in [2.45, 2.75) is 25.6 Å². The normalized spacial score (nSPS) is 22.2. The summed E-state index contributed by atoms with van der Waals surface area (Å²) in [6.45, 7) is -2.69. The summed E-state index contributed by atoms with van der Waals surface area (Å²) in [5.74, 6) is -6.02. The Morgan fingerprint density at radius 3 is 2.79 bits per heavy atom. The largest absolute Gasteiger partial charge is 0.396 e. The maximum atomic E-state index is 14.1. The zero-order valence-electron chi connectivity index (χ0n) is 15.5. The number of halogens is 4. The van der Waals surface area contributed by atoms with Gasteiger partial charge in [0.1, 0.15) is 11.6 Å². The van der Waals surface area contributed by atoms with Crippen LogP contribution in [0.25, 0.3) is 16.7 Å². The first-order valence-corrected chi connectivity index (χ1v) is 7.28. The number of nitrogen functional groups attached to an aromatic ring is 1. The third-order valence-corrected chi connectivity index (χ3v) is 3.98. The molecule has 6 heteroatoms. The molecule has 1 aliphatic rings. The molecule has 3 rings (SSSR count). The zero-order valence-corrected chi connectivity index (χ0v) is 12.5. The summed E-state index contributed by atoms with van der Waals surface area (Å²) in [4.78, 5) is 4.05. The second kappa shape index (κ2) is 5.92. The van der Waals surface area contributed by atoms with Gasteiger partial charge in [-0.3, -0.25) is 4.98 Å². The molecule has 2 aromatic rings. The van der Waals surface area contributed by atoms with Crippen molar-refractivity contribution in [2.24, 2.45) is 5.92 Å². The first kappa shape index (κ1) is 13.0. The molecule has 2 nitrogen and oxygen atoms in total. The van der Waals surface area contributed by atoms with E-state index in [2.05, 4.69) is 4.98 Å². The molecule has 1 aliphatic carbocycles. The smallest absolute Gasteiger partial charge is 0.252 e. The molecule has 1 unspecified atom stereocenters. The van der Waals surface area contributed by atoms with Gasteiger partial charge in [-0.25, -0.2) is 17.6 Å². The summed E-state index contributed by atoms with van der Waals surface area (Å²) in [6.07, 6.45) is 0.865. The Hall–Kier alpha value is -2.37. The van der Waals surface area contributed by atoms with Crippen LogP contribution in [0.5, 0.6) is 0 Å². The second-order valence-electron chi connectivity index (χ2n) is 5.72. The fraction of sp³-hybridized carbons (Fsp3) is 0.278. The van der Waals surface area contributed by atoms with Crippen molar-refractivity contribution in [1.82, 2.24) is 4.98 Å². The van der Waals surface area contributed by atoms with Crippen molar-refractivity contribution >= 4 is 11.3 Å². The van der Waals surface area contributed by atoms with Gasteiger partial charge in [0.05, 0.1) is 11.4 Å². The fourth-order valence-corrected chi connectivity index (χ4v) is 2.80. The predicted molar refractivity (Wildman–Crippen MR) is 85.3 cm³/mol. The Morgan fingerprint density at radius 1 is 1.25 bits per heavy atom. The van der Waals surface area contributed by atoms with Crippen molar-refractivity contribution in [3.63, 3.8) is 0 Å². The van der Waals surface area contributed by atoms with Crippen LogP contribution in [-0.4, -0.2) is 10.9 Å². The van der Waals surface area contributed by atoms with Gasteiger partial charge in [-0.2, -0.15) is 0 Å². The van der Waals surface area contributed by atoms with E-state index in [1.54, 1.807) is 0 Å². The molecule has 0 saturated heterocycles. The number of pyridine rings is 1. The Balaban J connectivity index is 2.15. The number of benzene rings is 1. The van der Waals surface area contributed by atoms with E-state index in [0.717, 1.165) is 24.3 Å². The molecule has 0 saturated carbocycles. The van der Waals surface area contributed by atoms with Crippen LogP contribution in [-0.2, 0) is 0 Å². The minimum Gasteiger partial charge on any atom is -0.396 e. The van der Waals surface area contributed by atoms with Gasteiger partial charge >= 0.3 is 0 Å². The van der Waals surface area contributed by atoms with Crippen LogP contribution in [0.4, 0.5) is 23.2 Å². The predicted octanol–water partition coefficient (Wildman–Crippen LogP) is 5.06. The summed E-state index contributed by atoms with van der Waals surface area (Å²) in [7, 11) is 0. The lowest BCUT2D eigenvalue weighted by atomic mass is 9.84. The van der Waals surface area contributed by atoms with Gasteiger partial charge < -0.3 is 5.73 Å². The molecule has 0 amide bonds. The number of nitrogens with zero attached hydrogens (tertiary/aromatic N) is 1. The van der Waals surface area contributed by atoms with Gasteiger partial charge in [0.25, 0.3) is 5.92 Å². The van der Waals surface area contributed by atoms with E-state index in [1.807, 2.05) is 0 Å². The van der Waals surface area contributed by atoms with E-state index in [9.17, 15) is 17.6 Å². The quantitative estimate of drug-likeness (QED) is 0.777. The fourth-order valence-electron chi connectivity index (χ4n) is 2.80. The second-order valence-corrected chi connectivity index (χ2v) is 5.72. The third-order valence-electron chi connectivity index (χ3n) is 3.98. The summed E-state index contributed by atoms with van der Waals surface area (Å²) in [6, 6.07) is 4.21. The van der Waals surface area contributed by atoms with E-state index in [4.69, 9.17) is 9.85 Å². The van der Waals surface area contributed by atoms with Gasteiger partial charge in [-0.1, -0.05) is 12.9 Å². The molecular formula is C18H16F4N2. The maximum absolute atomic E-state index is 14.1. The SMILES string of the molecule is [2H]C([2H])([2H])C1CC(F)(F)CC=C1c1nccc(-c2cc(F)ccc2F)c1N. The number of aromatic nitrogens is 1. The Morgan fingerprint density at radius 2 is 2.04 bits per heavy atom. The van der Waals surface area contributed by atoms with E-state index in [1.165, 1.54) is 12.3 Å². The van der Waals surface area contributed by atoms with Crippen LogP contribution in [0.3, 0.4) is 0 Å². The minimum absolute atomic E-state index is 0.00668. The Bertz CT molecular complexity index is 910. The monoisotopic (exact) mass is 339 g/mol. The first-order chi connectivity index (χ1) is 12.5. The number of anilines is 1. The van der Waals surface area contributed by atoms with Crippen LogP contribution in [0.15, 0.2) is 36.5 Å². The van der Waals surface area contributed by atoms with Crippen LogP contribution in [0.2, 0.25) is 0 Å². The molecule has 0 radical (unpaired) electrons. The highest BCUT2D eigenvalue weighted by Crippen LogP contribution is 2.42. The average Bonchev–Trinajstić information content (AvgIpc) is 2.56. The van der Waals surface area contributed by atoms with Gasteiger partial charge in [0.15, 0.2) is 0 Å². The molecule has 0 bridgehead atoms. The van der Waals surface area contributed by atoms with Crippen molar-refractivity contribution in [2.75, 3.05) is 5.73 Å². The summed E-state index contributed by atoms with van der Waals surface area (Å²) >= 11 is 0. The molecule has 1 aromatic carbocycles. The van der Waals surface area contributed by atoms with E-state index < -0.39 is 43.2 Å². The first-order valence-electron chi connectivity index (χ1n) is 8.78. The minimum atomic E-state index is -3.15. The number of nitrogens with two attached hydrogens (primary N) is 1. The molecule has 1 aromatic heterocycles. The topological polar surface area (TPSA) is 38.9 Å².